The predicted molar refractivity (Wildman–Crippen MR) is 90.8 cm³/mol. The third-order valence-corrected chi connectivity index (χ3v) is 4.91. The van der Waals surface area contributed by atoms with Crippen molar-refractivity contribution in [3.05, 3.63) is 35.9 Å². The van der Waals surface area contributed by atoms with Crippen molar-refractivity contribution in [2.45, 2.75) is 58.4 Å². The molecule has 0 radical (unpaired) electrons. The van der Waals surface area contributed by atoms with Gasteiger partial charge in [0.15, 0.2) is 0 Å². The Labute approximate surface area is 138 Å². The van der Waals surface area contributed by atoms with Gasteiger partial charge in [-0.25, -0.2) is 5.01 Å². The maximum Gasteiger partial charge on any atom is 0.249 e. The van der Waals surface area contributed by atoms with E-state index in [0.29, 0.717) is 19.6 Å². The minimum absolute atomic E-state index is 0.182. The molecule has 0 saturated heterocycles. The van der Waals surface area contributed by atoms with Crippen molar-refractivity contribution in [3.8, 4) is 0 Å². The van der Waals surface area contributed by atoms with E-state index < -0.39 is 0 Å². The highest BCUT2D eigenvalue weighted by molar-refractivity contribution is 5.93. The van der Waals surface area contributed by atoms with E-state index in [1.807, 2.05) is 30.3 Å². The molecule has 4 heteroatoms. The second-order valence-corrected chi connectivity index (χ2v) is 6.71. The van der Waals surface area contributed by atoms with Crippen molar-refractivity contribution < 1.29 is 9.53 Å². The molecular weight excluding hydrogens is 288 g/mol. The molecule has 1 aromatic carbocycles. The summed E-state index contributed by atoms with van der Waals surface area (Å²) in [7, 11) is 0. The molecule has 0 atom stereocenters. The van der Waals surface area contributed by atoms with E-state index in [-0.39, 0.29) is 11.3 Å². The highest BCUT2D eigenvalue weighted by atomic mass is 16.5. The molecule has 1 aromatic rings. The van der Waals surface area contributed by atoms with Crippen LogP contribution in [-0.4, -0.2) is 23.4 Å². The van der Waals surface area contributed by atoms with Gasteiger partial charge in [0, 0.05) is 6.42 Å². The number of hydrazone groups is 1. The first-order chi connectivity index (χ1) is 11.2. The largest absolute Gasteiger partial charge is 0.480 e. The van der Waals surface area contributed by atoms with Gasteiger partial charge in [0.1, 0.15) is 0 Å². The summed E-state index contributed by atoms with van der Waals surface area (Å²) in [6.07, 6.45) is 7.01. The summed E-state index contributed by atoms with van der Waals surface area (Å²) in [6, 6.07) is 10.1. The molecule has 1 fully saturated rings. The number of nitrogens with zero attached hydrogens (tertiary/aromatic N) is 2. The lowest BCUT2D eigenvalue weighted by Gasteiger charge is -2.36. The standard InChI is InChI=1S/C19H26N2O2/c1-2-3-13-23-17-14-19(11-7-8-12-19)18(22)21(20-17)15-16-9-5-4-6-10-16/h4-6,9-10H,2-3,7-8,11-15H2,1H3. The predicted octanol–water partition coefficient (Wildman–Crippen LogP) is 4.11. The Morgan fingerprint density at radius 2 is 1.96 bits per heavy atom. The summed E-state index contributed by atoms with van der Waals surface area (Å²) in [5.41, 5.74) is 0.838. The van der Waals surface area contributed by atoms with Crippen molar-refractivity contribution >= 4 is 11.8 Å². The summed E-state index contributed by atoms with van der Waals surface area (Å²) in [6.45, 7) is 3.37. The quantitative estimate of drug-likeness (QED) is 0.768. The summed E-state index contributed by atoms with van der Waals surface area (Å²) in [4.78, 5) is 13.0. The third kappa shape index (κ3) is 3.57. The SMILES string of the molecule is CCCCOC1=NN(Cc2ccccc2)C(=O)C2(CCCC2)C1. The van der Waals surface area contributed by atoms with Gasteiger partial charge in [-0.3, -0.25) is 4.79 Å². The van der Waals surface area contributed by atoms with Gasteiger partial charge < -0.3 is 4.74 Å². The van der Waals surface area contributed by atoms with E-state index >= 15 is 0 Å². The van der Waals surface area contributed by atoms with Gasteiger partial charge in [-0.2, -0.15) is 0 Å². The van der Waals surface area contributed by atoms with Gasteiger partial charge in [0.05, 0.1) is 18.6 Å². The minimum Gasteiger partial charge on any atom is -0.480 e. The Bertz CT molecular complexity index is 562. The topological polar surface area (TPSA) is 41.9 Å². The van der Waals surface area contributed by atoms with Crippen molar-refractivity contribution in [1.82, 2.24) is 5.01 Å². The van der Waals surface area contributed by atoms with Gasteiger partial charge >= 0.3 is 0 Å². The second-order valence-electron chi connectivity index (χ2n) is 6.71. The lowest BCUT2D eigenvalue weighted by Crippen LogP contribution is -2.46. The molecule has 0 N–H and O–H groups in total. The second kappa shape index (κ2) is 7.16. The smallest absolute Gasteiger partial charge is 0.249 e. The first-order valence-electron chi connectivity index (χ1n) is 8.80. The van der Waals surface area contributed by atoms with E-state index in [0.717, 1.165) is 50.0 Å². The van der Waals surface area contributed by atoms with Gasteiger partial charge in [0.2, 0.25) is 11.8 Å². The molecule has 0 bridgehead atoms. The van der Waals surface area contributed by atoms with Crippen LogP contribution in [0.15, 0.2) is 35.4 Å². The Balaban J connectivity index is 1.79. The van der Waals surface area contributed by atoms with Crippen LogP contribution in [0.5, 0.6) is 0 Å². The highest BCUT2D eigenvalue weighted by Crippen LogP contribution is 2.45. The molecular formula is C19H26N2O2. The van der Waals surface area contributed by atoms with Gasteiger partial charge in [0.25, 0.3) is 0 Å². The number of hydrogen-bond donors (Lipinski definition) is 0. The number of unbranched alkanes of at least 4 members (excludes halogenated alkanes) is 1. The zero-order valence-electron chi connectivity index (χ0n) is 14.0. The van der Waals surface area contributed by atoms with Crippen LogP contribution in [-0.2, 0) is 16.1 Å². The Kier molecular flexibility index (Phi) is 4.99. The fourth-order valence-corrected chi connectivity index (χ4v) is 3.57. The number of benzene rings is 1. The van der Waals surface area contributed by atoms with E-state index in [1.165, 1.54) is 0 Å². The fourth-order valence-electron chi connectivity index (χ4n) is 3.57. The highest BCUT2D eigenvalue weighted by Gasteiger charge is 2.47. The van der Waals surface area contributed by atoms with Crippen LogP contribution in [0.2, 0.25) is 0 Å². The molecule has 1 aliphatic carbocycles. The van der Waals surface area contributed by atoms with Gasteiger partial charge in [-0.05, 0) is 24.8 Å². The van der Waals surface area contributed by atoms with E-state index in [9.17, 15) is 4.79 Å². The molecule has 1 saturated carbocycles. The Hall–Kier alpha value is -1.84. The number of hydrogen-bond acceptors (Lipinski definition) is 3. The molecule has 4 nitrogen and oxygen atoms in total. The molecule has 1 heterocycles. The van der Waals surface area contributed by atoms with Crippen LogP contribution in [0.25, 0.3) is 0 Å². The maximum atomic E-state index is 13.0. The van der Waals surface area contributed by atoms with Gasteiger partial charge in [-0.1, -0.05) is 56.5 Å². The molecule has 3 rings (SSSR count). The summed E-state index contributed by atoms with van der Waals surface area (Å²) < 4.78 is 5.88. The van der Waals surface area contributed by atoms with Gasteiger partial charge in [-0.15, -0.1) is 5.10 Å². The van der Waals surface area contributed by atoms with Crippen LogP contribution >= 0.6 is 0 Å². The number of rotatable bonds is 5. The number of amides is 1. The summed E-state index contributed by atoms with van der Waals surface area (Å²) in [5, 5.41) is 6.17. The number of carbonyl (C=O) groups excluding carboxylic acids is 1. The summed E-state index contributed by atoms with van der Waals surface area (Å²) in [5.74, 6) is 0.928. The fraction of sp³-hybridized carbons (Fsp3) is 0.579. The molecule has 23 heavy (non-hydrogen) atoms. The molecule has 1 spiro atoms. The zero-order chi connectivity index (χ0) is 16.1. The third-order valence-electron chi connectivity index (χ3n) is 4.91. The first-order valence-corrected chi connectivity index (χ1v) is 8.80. The lowest BCUT2D eigenvalue weighted by molar-refractivity contribution is -0.144. The molecule has 0 aromatic heterocycles. The maximum absolute atomic E-state index is 13.0. The molecule has 124 valence electrons. The van der Waals surface area contributed by atoms with Crippen molar-refractivity contribution in [2.75, 3.05) is 6.61 Å². The molecule has 2 aliphatic rings. The van der Waals surface area contributed by atoms with Crippen molar-refractivity contribution in [2.24, 2.45) is 10.5 Å². The lowest BCUT2D eigenvalue weighted by atomic mass is 9.80. The molecule has 1 aliphatic heterocycles. The van der Waals surface area contributed by atoms with Crippen LogP contribution in [0.4, 0.5) is 0 Å². The number of carbonyl (C=O) groups is 1. The van der Waals surface area contributed by atoms with Crippen molar-refractivity contribution in [3.63, 3.8) is 0 Å². The van der Waals surface area contributed by atoms with Crippen LogP contribution < -0.4 is 0 Å². The zero-order valence-corrected chi connectivity index (χ0v) is 14.0. The Morgan fingerprint density at radius 3 is 2.65 bits per heavy atom. The Morgan fingerprint density at radius 1 is 1.22 bits per heavy atom. The first kappa shape index (κ1) is 16.0. The van der Waals surface area contributed by atoms with E-state index in [2.05, 4.69) is 12.0 Å². The van der Waals surface area contributed by atoms with E-state index in [1.54, 1.807) is 5.01 Å². The normalized spacial score (nSPS) is 20.0. The number of ether oxygens (including phenoxy) is 1. The van der Waals surface area contributed by atoms with Crippen LogP contribution in [0, 0.1) is 5.41 Å². The summed E-state index contributed by atoms with van der Waals surface area (Å²) >= 11 is 0. The van der Waals surface area contributed by atoms with E-state index in [4.69, 9.17) is 4.74 Å². The van der Waals surface area contributed by atoms with Crippen LogP contribution in [0.1, 0.15) is 57.4 Å². The average Bonchev–Trinajstić information content (AvgIpc) is 3.03. The average molecular weight is 314 g/mol. The monoisotopic (exact) mass is 314 g/mol. The molecule has 1 amide bonds. The van der Waals surface area contributed by atoms with Crippen molar-refractivity contribution in [1.29, 1.82) is 0 Å². The minimum atomic E-state index is -0.266. The van der Waals surface area contributed by atoms with Crippen LogP contribution in [0.3, 0.4) is 0 Å². The molecule has 0 unspecified atom stereocenters.